The van der Waals surface area contributed by atoms with Crippen molar-refractivity contribution in [2.75, 3.05) is 36.0 Å². The van der Waals surface area contributed by atoms with Gasteiger partial charge >= 0.3 is 0 Å². The molecule has 0 aliphatic carbocycles. The molecule has 0 spiro atoms. The summed E-state index contributed by atoms with van der Waals surface area (Å²) >= 11 is 0. The van der Waals surface area contributed by atoms with Crippen molar-refractivity contribution >= 4 is 16.9 Å². The van der Waals surface area contributed by atoms with Crippen LogP contribution in [0.5, 0.6) is 0 Å². The predicted octanol–water partition coefficient (Wildman–Crippen LogP) is 4.05. The van der Waals surface area contributed by atoms with Crippen molar-refractivity contribution in [3.8, 4) is 11.1 Å². The number of nitrogens with zero attached hydrogens (tertiary/aromatic N) is 7. The van der Waals surface area contributed by atoms with E-state index in [-0.39, 0.29) is 0 Å². The maximum absolute atomic E-state index is 4.72. The number of aryl methyl sites for hydroxylation is 1. The van der Waals surface area contributed by atoms with Crippen molar-refractivity contribution in [3.05, 3.63) is 96.8 Å². The van der Waals surface area contributed by atoms with Crippen LogP contribution in [0.15, 0.2) is 85.6 Å². The van der Waals surface area contributed by atoms with Crippen molar-refractivity contribution in [2.24, 2.45) is 7.05 Å². The number of benzene rings is 1. The van der Waals surface area contributed by atoms with Crippen LogP contribution in [-0.4, -0.2) is 50.6 Å². The molecule has 7 heteroatoms. The van der Waals surface area contributed by atoms with Crippen molar-refractivity contribution in [1.82, 2.24) is 24.4 Å². The van der Waals surface area contributed by atoms with E-state index in [0.29, 0.717) is 0 Å². The van der Waals surface area contributed by atoms with E-state index in [1.165, 1.54) is 16.9 Å². The van der Waals surface area contributed by atoms with Gasteiger partial charge in [-0.2, -0.15) is 10.2 Å². The zero-order valence-electron chi connectivity index (χ0n) is 19.2. The SMILES string of the molecule is Cn1cc(-c2ccc3c(N4CCN(c5ccc(Cc6ccccc6)nc5)CC4)cnn3c2)cn1. The summed E-state index contributed by atoms with van der Waals surface area (Å²) in [5.74, 6) is 0. The van der Waals surface area contributed by atoms with Gasteiger partial charge in [0.2, 0.25) is 0 Å². The lowest BCUT2D eigenvalue weighted by atomic mass is 10.1. The Morgan fingerprint density at radius 2 is 1.56 bits per heavy atom. The molecule has 170 valence electrons. The van der Waals surface area contributed by atoms with E-state index < -0.39 is 0 Å². The minimum absolute atomic E-state index is 0.867. The number of hydrogen-bond acceptors (Lipinski definition) is 5. The number of fused-ring (bicyclic) bond motifs is 1. The van der Waals surface area contributed by atoms with Crippen LogP contribution in [-0.2, 0) is 13.5 Å². The Morgan fingerprint density at radius 3 is 2.29 bits per heavy atom. The first-order valence-corrected chi connectivity index (χ1v) is 11.7. The normalized spacial score (nSPS) is 14.1. The molecule has 1 aliphatic rings. The molecule has 5 heterocycles. The van der Waals surface area contributed by atoms with E-state index in [4.69, 9.17) is 4.98 Å². The van der Waals surface area contributed by atoms with Crippen molar-refractivity contribution < 1.29 is 0 Å². The first-order valence-electron chi connectivity index (χ1n) is 11.7. The Kier molecular flexibility index (Phi) is 5.22. The maximum atomic E-state index is 4.72. The largest absolute Gasteiger partial charge is 0.367 e. The molecule has 1 saturated heterocycles. The molecule has 0 bridgehead atoms. The zero-order chi connectivity index (χ0) is 22.9. The van der Waals surface area contributed by atoms with Crippen LogP contribution < -0.4 is 9.80 Å². The molecule has 0 amide bonds. The van der Waals surface area contributed by atoms with Crippen LogP contribution >= 0.6 is 0 Å². The van der Waals surface area contributed by atoms with Crippen LogP contribution in [0, 0.1) is 0 Å². The minimum Gasteiger partial charge on any atom is -0.367 e. The van der Waals surface area contributed by atoms with Crippen molar-refractivity contribution in [1.29, 1.82) is 0 Å². The Hall–Kier alpha value is -4.13. The minimum atomic E-state index is 0.867. The Morgan fingerprint density at radius 1 is 0.735 bits per heavy atom. The summed E-state index contributed by atoms with van der Waals surface area (Å²) in [6, 6.07) is 19.2. The van der Waals surface area contributed by atoms with E-state index in [0.717, 1.165) is 54.9 Å². The van der Waals surface area contributed by atoms with Crippen LogP contribution in [0.3, 0.4) is 0 Å². The average molecular weight is 450 g/mol. The number of rotatable bonds is 5. The van der Waals surface area contributed by atoms with Gasteiger partial charge in [-0.3, -0.25) is 9.67 Å². The second-order valence-electron chi connectivity index (χ2n) is 8.82. The lowest BCUT2D eigenvalue weighted by molar-refractivity contribution is 0.654. The van der Waals surface area contributed by atoms with Crippen LogP contribution in [0.4, 0.5) is 11.4 Å². The lowest BCUT2D eigenvalue weighted by Crippen LogP contribution is -2.46. The smallest absolute Gasteiger partial charge is 0.0896 e. The molecule has 0 atom stereocenters. The quantitative estimate of drug-likeness (QED) is 0.405. The summed E-state index contributed by atoms with van der Waals surface area (Å²) in [5.41, 5.74) is 8.11. The molecule has 7 nitrogen and oxygen atoms in total. The summed E-state index contributed by atoms with van der Waals surface area (Å²) in [6.45, 7) is 3.84. The highest BCUT2D eigenvalue weighted by Crippen LogP contribution is 2.27. The van der Waals surface area contributed by atoms with Gasteiger partial charge in [0.05, 0.1) is 35.5 Å². The molecule has 1 aliphatic heterocycles. The molecule has 0 radical (unpaired) electrons. The Labute approximate surface area is 198 Å². The van der Waals surface area contributed by atoms with E-state index in [1.54, 1.807) is 0 Å². The molecule has 34 heavy (non-hydrogen) atoms. The summed E-state index contributed by atoms with van der Waals surface area (Å²) in [6.07, 6.45) is 10.9. The van der Waals surface area contributed by atoms with Gasteiger partial charge in [-0.15, -0.1) is 0 Å². The molecule has 1 fully saturated rings. The molecule has 0 unspecified atom stereocenters. The first kappa shape index (κ1) is 20.5. The highest BCUT2D eigenvalue weighted by Gasteiger charge is 2.20. The second-order valence-corrected chi connectivity index (χ2v) is 8.82. The predicted molar refractivity (Wildman–Crippen MR) is 135 cm³/mol. The molecular formula is C27H27N7. The van der Waals surface area contributed by atoms with E-state index >= 15 is 0 Å². The van der Waals surface area contributed by atoms with Crippen LogP contribution in [0.25, 0.3) is 16.6 Å². The average Bonchev–Trinajstić information content (AvgIpc) is 3.51. The van der Waals surface area contributed by atoms with Gasteiger partial charge in [0.15, 0.2) is 0 Å². The topological polar surface area (TPSA) is 54.5 Å². The van der Waals surface area contributed by atoms with Gasteiger partial charge in [0.1, 0.15) is 0 Å². The number of anilines is 2. The van der Waals surface area contributed by atoms with E-state index in [9.17, 15) is 0 Å². The molecule has 0 saturated carbocycles. The number of aromatic nitrogens is 5. The van der Waals surface area contributed by atoms with E-state index in [2.05, 4.69) is 74.7 Å². The number of hydrogen-bond donors (Lipinski definition) is 0. The summed E-state index contributed by atoms with van der Waals surface area (Å²) < 4.78 is 3.79. The van der Waals surface area contributed by atoms with Gasteiger partial charge in [0.25, 0.3) is 0 Å². The summed E-state index contributed by atoms with van der Waals surface area (Å²) in [7, 11) is 1.93. The summed E-state index contributed by atoms with van der Waals surface area (Å²) in [5, 5.41) is 8.91. The monoisotopic (exact) mass is 449 g/mol. The zero-order valence-corrected chi connectivity index (χ0v) is 19.2. The van der Waals surface area contributed by atoms with Crippen molar-refractivity contribution in [3.63, 3.8) is 0 Å². The third-order valence-electron chi connectivity index (χ3n) is 6.56. The fraction of sp³-hybridized carbons (Fsp3) is 0.222. The molecule has 0 N–H and O–H groups in total. The molecule has 1 aromatic carbocycles. The highest BCUT2D eigenvalue weighted by molar-refractivity contribution is 5.75. The van der Waals surface area contributed by atoms with Crippen LogP contribution in [0.2, 0.25) is 0 Å². The Balaban J connectivity index is 1.12. The van der Waals surface area contributed by atoms with Crippen molar-refractivity contribution in [2.45, 2.75) is 6.42 Å². The lowest BCUT2D eigenvalue weighted by Gasteiger charge is -2.36. The van der Waals surface area contributed by atoms with Gasteiger partial charge in [-0.25, -0.2) is 4.52 Å². The highest BCUT2D eigenvalue weighted by atomic mass is 15.3. The Bertz CT molecular complexity index is 1390. The fourth-order valence-corrected chi connectivity index (χ4v) is 4.67. The second kappa shape index (κ2) is 8.67. The standard InChI is InChI=1S/C27H27N7/c1-31-19-23(16-29-31)22-7-10-26-27(18-30-34(26)20-22)33-13-11-32(12-14-33)25-9-8-24(28-17-25)15-21-5-3-2-4-6-21/h2-10,16-20H,11-15H2,1H3. The van der Waals surface area contributed by atoms with E-state index in [1.807, 2.05) is 47.1 Å². The van der Waals surface area contributed by atoms with Gasteiger partial charge in [-0.1, -0.05) is 36.4 Å². The third kappa shape index (κ3) is 4.01. The number of piperazine rings is 1. The fourth-order valence-electron chi connectivity index (χ4n) is 4.67. The number of pyridine rings is 2. The van der Waals surface area contributed by atoms with Gasteiger partial charge < -0.3 is 9.80 Å². The third-order valence-corrected chi connectivity index (χ3v) is 6.56. The molecule has 6 rings (SSSR count). The molecule has 5 aromatic rings. The molecule has 4 aromatic heterocycles. The first-order chi connectivity index (χ1) is 16.7. The molecular weight excluding hydrogens is 422 g/mol. The maximum Gasteiger partial charge on any atom is 0.0896 e. The van der Waals surface area contributed by atoms with Gasteiger partial charge in [-0.05, 0) is 23.8 Å². The summed E-state index contributed by atoms with van der Waals surface area (Å²) in [4.78, 5) is 9.57. The van der Waals surface area contributed by atoms with Crippen LogP contribution in [0.1, 0.15) is 11.3 Å². The van der Waals surface area contributed by atoms with Gasteiger partial charge in [0, 0.05) is 68.9 Å².